The Hall–Kier alpha value is -2.40. The number of aryl methyl sites for hydroxylation is 1. The van der Waals surface area contributed by atoms with Gasteiger partial charge >= 0.3 is 0 Å². The zero-order chi connectivity index (χ0) is 18.5. The van der Waals surface area contributed by atoms with Gasteiger partial charge in [0.2, 0.25) is 11.8 Å². The fourth-order valence-corrected chi connectivity index (χ4v) is 3.25. The second kappa shape index (κ2) is 8.32. The number of anilines is 1. The van der Waals surface area contributed by atoms with E-state index in [9.17, 15) is 14.0 Å². The first kappa shape index (κ1) is 18.4. The molecule has 1 fully saturated rings. The fourth-order valence-electron chi connectivity index (χ4n) is 3.08. The molecule has 2 amide bonds. The van der Waals surface area contributed by atoms with E-state index >= 15 is 0 Å². The number of hydrogen-bond acceptors (Lipinski definition) is 2. The first-order chi connectivity index (χ1) is 12.5. The topological polar surface area (TPSA) is 49.4 Å². The van der Waals surface area contributed by atoms with Crippen LogP contribution < -0.4 is 10.2 Å². The van der Waals surface area contributed by atoms with E-state index in [1.165, 1.54) is 28.7 Å². The highest BCUT2D eigenvalue weighted by Gasteiger charge is 2.35. The lowest BCUT2D eigenvalue weighted by Crippen LogP contribution is -2.33. The molecule has 1 unspecified atom stereocenters. The van der Waals surface area contributed by atoms with Crippen molar-refractivity contribution in [3.63, 3.8) is 0 Å². The Kier molecular flexibility index (Phi) is 5.89. The number of halogens is 2. The first-order valence-corrected chi connectivity index (χ1v) is 8.99. The van der Waals surface area contributed by atoms with Gasteiger partial charge in [-0.05, 0) is 36.6 Å². The molecule has 1 aliphatic rings. The van der Waals surface area contributed by atoms with Gasteiger partial charge in [0.25, 0.3) is 0 Å². The van der Waals surface area contributed by atoms with Gasteiger partial charge in [-0.15, -0.1) is 0 Å². The first-order valence-electron chi connectivity index (χ1n) is 8.61. The van der Waals surface area contributed by atoms with E-state index in [1.54, 1.807) is 0 Å². The van der Waals surface area contributed by atoms with Crippen LogP contribution in [0.1, 0.15) is 18.4 Å². The van der Waals surface area contributed by atoms with Gasteiger partial charge in [-0.25, -0.2) is 4.39 Å². The van der Waals surface area contributed by atoms with Crippen molar-refractivity contribution < 1.29 is 14.0 Å². The van der Waals surface area contributed by atoms with E-state index < -0.39 is 11.7 Å². The van der Waals surface area contributed by atoms with Crippen molar-refractivity contribution in [3.05, 3.63) is 64.9 Å². The molecule has 0 spiro atoms. The molecular formula is C20H20ClFN2O2. The van der Waals surface area contributed by atoms with Gasteiger partial charge in [-0.3, -0.25) is 9.59 Å². The minimum Gasteiger partial charge on any atom is -0.356 e. The second-order valence-electron chi connectivity index (χ2n) is 6.38. The molecular weight excluding hydrogens is 355 g/mol. The van der Waals surface area contributed by atoms with Crippen LogP contribution in [0.2, 0.25) is 5.02 Å². The van der Waals surface area contributed by atoms with Crippen molar-refractivity contribution in [1.82, 2.24) is 5.32 Å². The van der Waals surface area contributed by atoms with E-state index in [1.807, 2.05) is 18.2 Å². The average Bonchev–Trinajstić information content (AvgIpc) is 3.04. The van der Waals surface area contributed by atoms with Gasteiger partial charge in [0.15, 0.2) is 0 Å². The molecule has 2 aromatic carbocycles. The Morgan fingerprint density at radius 2 is 2.00 bits per heavy atom. The molecule has 136 valence electrons. The minimum atomic E-state index is -0.533. The van der Waals surface area contributed by atoms with Crippen LogP contribution in [-0.4, -0.2) is 24.9 Å². The molecule has 1 N–H and O–H groups in total. The van der Waals surface area contributed by atoms with E-state index in [0.717, 1.165) is 12.8 Å². The van der Waals surface area contributed by atoms with Crippen LogP contribution >= 0.6 is 11.6 Å². The summed E-state index contributed by atoms with van der Waals surface area (Å²) in [5, 5.41) is 2.87. The van der Waals surface area contributed by atoms with E-state index in [4.69, 9.17) is 11.6 Å². The molecule has 1 aliphatic heterocycles. The molecule has 2 aromatic rings. The largest absolute Gasteiger partial charge is 0.356 e. The fraction of sp³-hybridized carbons (Fsp3) is 0.300. The van der Waals surface area contributed by atoms with Crippen LogP contribution in [0.15, 0.2) is 48.5 Å². The molecule has 0 radical (unpaired) electrons. The third kappa shape index (κ3) is 4.41. The second-order valence-corrected chi connectivity index (χ2v) is 6.79. The summed E-state index contributed by atoms with van der Waals surface area (Å²) in [5.74, 6) is -1.21. The summed E-state index contributed by atoms with van der Waals surface area (Å²) in [6.07, 6.45) is 1.89. The van der Waals surface area contributed by atoms with Crippen molar-refractivity contribution in [2.24, 2.45) is 5.92 Å². The quantitative estimate of drug-likeness (QED) is 0.786. The Balaban J connectivity index is 1.49. The average molecular weight is 375 g/mol. The number of benzene rings is 2. The lowest BCUT2D eigenvalue weighted by Gasteiger charge is -2.17. The zero-order valence-electron chi connectivity index (χ0n) is 14.3. The SMILES string of the molecule is O=C(NCCCc1ccccc1)C1CC(=O)N(c2ccc(F)c(Cl)c2)C1. The molecule has 3 rings (SSSR count). The number of carbonyl (C=O) groups excluding carboxylic acids is 2. The van der Waals surface area contributed by atoms with E-state index in [2.05, 4.69) is 17.4 Å². The highest BCUT2D eigenvalue weighted by atomic mass is 35.5. The molecule has 0 aromatic heterocycles. The Morgan fingerprint density at radius 1 is 1.23 bits per heavy atom. The van der Waals surface area contributed by atoms with Crippen molar-refractivity contribution >= 4 is 29.1 Å². The Labute approximate surface area is 157 Å². The summed E-state index contributed by atoms with van der Waals surface area (Å²) in [5.41, 5.74) is 1.75. The molecule has 0 saturated carbocycles. The molecule has 4 nitrogen and oxygen atoms in total. The molecule has 0 aliphatic carbocycles. The maximum absolute atomic E-state index is 13.3. The lowest BCUT2D eigenvalue weighted by atomic mass is 10.1. The van der Waals surface area contributed by atoms with Gasteiger partial charge < -0.3 is 10.2 Å². The third-order valence-electron chi connectivity index (χ3n) is 4.49. The number of amides is 2. The maximum Gasteiger partial charge on any atom is 0.227 e. The van der Waals surface area contributed by atoms with Crippen LogP contribution in [0.5, 0.6) is 0 Å². The molecule has 1 heterocycles. The molecule has 1 saturated heterocycles. The molecule has 6 heteroatoms. The van der Waals surface area contributed by atoms with Crippen LogP contribution in [0, 0.1) is 11.7 Å². The van der Waals surface area contributed by atoms with E-state index in [-0.39, 0.29) is 29.8 Å². The number of rotatable bonds is 6. The van der Waals surface area contributed by atoms with Crippen molar-refractivity contribution in [1.29, 1.82) is 0 Å². The molecule has 1 atom stereocenters. The van der Waals surface area contributed by atoms with Crippen molar-refractivity contribution in [2.45, 2.75) is 19.3 Å². The summed E-state index contributed by atoms with van der Waals surface area (Å²) in [7, 11) is 0. The Bertz CT molecular complexity index is 798. The maximum atomic E-state index is 13.3. The predicted molar refractivity (Wildman–Crippen MR) is 99.6 cm³/mol. The molecule has 26 heavy (non-hydrogen) atoms. The van der Waals surface area contributed by atoms with Crippen molar-refractivity contribution in [3.8, 4) is 0 Å². The van der Waals surface area contributed by atoms with Gasteiger partial charge in [0.1, 0.15) is 5.82 Å². The van der Waals surface area contributed by atoms with Gasteiger partial charge in [0.05, 0.1) is 10.9 Å². The monoisotopic (exact) mass is 374 g/mol. The highest BCUT2D eigenvalue weighted by molar-refractivity contribution is 6.31. The number of hydrogen-bond donors (Lipinski definition) is 1. The predicted octanol–water partition coefficient (Wildman–Crippen LogP) is 3.58. The van der Waals surface area contributed by atoms with Crippen LogP contribution in [-0.2, 0) is 16.0 Å². The third-order valence-corrected chi connectivity index (χ3v) is 4.78. The summed E-state index contributed by atoms with van der Waals surface area (Å²) in [6, 6.07) is 14.2. The van der Waals surface area contributed by atoms with Crippen LogP contribution in [0.3, 0.4) is 0 Å². The number of carbonyl (C=O) groups is 2. The lowest BCUT2D eigenvalue weighted by molar-refractivity contribution is -0.126. The summed E-state index contributed by atoms with van der Waals surface area (Å²) in [6.45, 7) is 0.853. The van der Waals surface area contributed by atoms with Gasteiger partial charge in [-0.1, -0.05) is 41.9 Å². The summed E-state index contributed by atoms with van der Waals surface area (Å²) in [4.78, 5) is 26.0. The van der Waals surface area contributed by atoms with Crippen LogP contribution in [0.4, 0.5) is 10.1 Å². The standard InChI is InChI=1S/C20H20ClFN2O2/c21-17-12-16(8-9-18(17)22)24-13-15(11-19(24)25)20(26)23-10-4-7-14-5-2-1-3-6-14/h1-3,5-6,8-9,12,15H,4,7,10-11,13H2,(H,23,26). The zero-order valence-corrected chi connectivity index (χ0v) is 15.0. The number of nitrogens with zero attached hydrogens (tertiary/aromatic N) is 1. The Morgan fingerprint density at radius 3 is 2.73 bits per heavy atom. The van der Waals surface area contributed by atoms with Crippen molar-refractivity contribution in [2.75, 3.05) is 18.0 Å². The number of nitrogens with one attached hydrogen (secondary N) is 1. The summed E-state index contributed by atoms with van der Waals surface area (Å²) < 4.78 is 13.3. The smallest absolute Gasteiger partial charge is 0.227 e. The van der Waals surface area contributed by atoms with E-state index in [0.29, 0.717) is 12.2 Å². The van der Waals surface area contributed by atoms with Gasteiger partial charge in [0, 0.05) is 25.2 Å². The molecule has 0 bridgehead atoms. The minimum absolute atomic E-state index is 0.0379. The van der Waals surface area contributed by atoms with Crippen LogP contribution in [0.25, 0.3) is 0 Å². The highest BCUT2D eigenvalue weighted by Crippen LogP contribution is 2.28. The normalized spacial score (nSPS) is 16.8. The van der Waals surface area contributed by atoms with Gasteiger partial charge in [-0.2, -0.15) is 0 Å². The summed E-state index contributed by atoms with van der Waals surface area (Å²) >= 11 is 5.78.